The van der Waals surface area contributed by atoms with Gasteiger partial charge in [-0.25, -0.2) is 0 Å². The third kappa shape index (κ3) is 4.52. The SMILES string of the molecule is CCN(CC)c1[se]c(C(=O)OC)cc1N=Nc1ccc([N+](=O)[O-])cc1. The summed E-state index contributed by atoms with van der Waals surface area (Å²) in [5.74, 6) is -0.356. The maximum absolute atomic E-state index is 11.8. The third-order valence-corrected chi connectivity index (χ3v) is 5.91. The normalized spacial score (nSPS) is 10.8. The first-order valence-corrected chi connectivity index (χ1v) is 9.34. The van der Waals surface area contributed by atoms with Crippen LogP contribution in [0.25, 0.3) is 0 Å². The standard InChI is InChI=1S/C16H18N4O4Se/c1-4-19(5-2)15-13(10-14(25-15)16(21)24-3)18-17-11-6-8-12(9-7-11)20(22)23/h6-10H,4-5H2,1-3H3. The number of carbonyl (C=O) groups excluding carboxylic acids is 1. The Balaban J connectivity index is 2.34. The molecule has 0 N–H and O–H groups in total. The summed E-state index contributed by atoms with van der Waals surface area (Å²) in [7, 11) is 1.35. The topological polar surface area (TPSA) is 97.4 Å². The molecule has 25 heavy (non-hydrogen) atoms. The number of nitro groups is 1. The first kappa shape index (κ1) is 18.8. The Bertz CT molecular complexity index is 782. The quantitative estimate of drug-likeness (QED) is 0.228. The molecule has 1 aromatic heterocycles. The Morgan fingerprint density at radius 3 is 2.40 bits per heavy atom. The molecule has 2 aromatic rings. The van der Waals surface area contributed by atoms with Gasteiger partial charge in [0.1, 0.15) is 0 Å². The number of azo groups is 1. The summed E-state index contributed by atoms with van der Waals surface area (Å²) in [6, 6.07) is 7.52. The number of hydrogen-bond donors (Lipinski definition) is 0. The van der Waals surface area contributed by atoms with E-state index in [1.807, 2.05) is 13.8 Å². The van der Waals surface area contributed by atoms with Crippen molar-refractivity contribution < 1.29 is 14.5 Å². The number of nitrogens with zero attached hydrogens (tertiary/aromatic N) is 4. The molecular weight excluding hydrogens is 391 g/mol. The second kappa shape index (κ2) is 8.55. The van der Waals surface area contributed by atoms with Crippen molar-refractivity contribution in [3.05, 3.63) is 44.9 Å². The molecule has 0 spiro atoms. The van der Waals surface area contributed by atoms with E-state index in [2.05, 4.69) is 15.1 Å². The Labute approximate surface area is 151 Å². The van der Waals surface area contributed by atoms with E-state index in [9.17, 15) is 14.9 Å². The van der Waals surface area contributed by atoms with Crippen molar-refractivity contribution in [3.8, 4) is 0 Å². The van der Waals surface area contributed by atoms with Gasteiger partial charge in [-0.3, -0.25) is 0 Å². The molecule has 0 aliphatic rings. The van der Waals surface area contributed by atoms with Crippen LogP contribution in [0, 0.1) is 10.1 Å². The van der Waals surface area contributed by atoms with Gasteiger partial charge >= 0.3 is 151 Å². The zero-order valence-corrected chi connectivity index (χ0v) is 15.8. The van der Waals surface area contributed by atoms with Gasteiger partial charge in [-0.2, -0.15) is 0 Å². The maximum atomic E-state index is 11.8. The van der Waals surface area contributed by atoms with Crippen LogP contribution in [0.5, 0.6) is 0 Å². The summed E-state index contributed by atoms with van der Waals surface area (Å²) in [5, 5.41) is 19.1. The van der Waals surface area contributed by atoms with Crippen molar-refractivity contribution >= 4 is 42.1 Å². The van der Waals surface area contributed by atoms with Gasteiger partial charge in [0.25, 0.3) is 0 Å². The predicted molar refractivity (Wildman–Crippen MR) is 95.6 cm³/mol. The molecule has 132 valence electrons. The van der Waals surface area contributed by atoms with Gasteiger partial charge in [0.05, 0.1) is 0 Å². The number of nitro benzene ring substituents is 1. The van der Waals surface area contributed by atoms with Crippen LogP contribution in [0.1, 0.15) is 23.1 Å². The number of carbonyl (C=O) groups is 1. The first-order valence-electron chi connectivity index (χ1n) is 7.63. The van der Waals surface area contributed by atoms with Crippen molar-refractivity contribution in [2.24, 2.45) is 10.2 Å². The molecule has 8 nitrogen and oxygen atoms in total. The average molecular weight is 409 g/mol. The van der Waals surface area contributed by atoms with Crippen LogP contribution in [-0.4, -0.2) is 45.6 Å². The van der Waals surface area contributed by atoms with E-state index in [1.165, 1.54) is 31.4 Å². The van der Waals surface area contributed by atoms with E-state index in [4.69, 9.17) is 4.74 Å². The first-order chi connectivity index (χ1) is 12.0. The van der Waals surface area contributed by atoms with Gasteiger partial charge in [0.2, 0.25) is 0 Å². The molecule has 9 heteroatoms. The van der Waals surface area contributed by atoms with Crippen LogP contribution in [-0.2, 0) is 4.74 Å². The second-order valence-electron chi connectivity index (χ2n) is 4.94. The van der Waals surface area contributed by atoms with Crippen molar-refractivity contribution in [1.82, 2.24) is 0 Å². The number of non-ortho nitro benzene ring substituents is 1. The van der Waals surface area contributed by atoms with Crippen molar-refractivity contribution in [2.45, 2.75) is 13.8 Å². The fourth-order valence-electron chi connectivity index (χ4n) is 2.13. The van der Waals surface area contributed by atoms with Crippen LogP contribution < -0.4 is 4.90 Å². The molecule has 0 unspecified atom stereocenters. The molecule has 0 radical (unpaired) electrons. The van der Waals surface area contributed by atoms with Crippen LogP contribution in [0.15, 0.2) is 40.6 Å². The second-order valence-corrected chi connectivity index (χ2v) is 7.10. The van der Waals surface area contributed by atoms with Gasteiger partial charge in [-0.15, -0.1) is 0 Å². The van der Waals surface area contributed by atoms with Crippen molar-refractivity contribution in [3.63, 3.8) is 0 Å². The zero-order chi connectivity index (χ0) is 18.4. The molecule has 2 rings (SSSR count). The molecule has 0 amide bonds. The van der Waals surface area contributed by atoms with E-state index in [1.54, 1.807) is 6.07 Å². The molecule has 1 aromatic carbocycles. The van der Waals surface area contributed by atoms with Crippen LogP contribution in [0.2, 0.25) is 0 Å². The average Bonchev–Trinajstić information content (AvgIpc) is 3.05. The summed E-state index contributed by atoms with van der Waals surface area (Å²) in [5.41, 5.74) is 1.13. The number of esters is 1. The molecule has 0 aliphatic heterocycles. The molecule has 0 saturated carbocycles. The van der Waals surface area contributed by atoms with Gasteiger partial charge in [-0.05, 0) is 0 Å². The molecule has 0 aliphatic carbocycles. The molecule has 0 atom stereocenters. The molecule has 1 heterocycles. The van der Waals surface area contributed by atoms with Crippen LogP contribution in [0.4, 0.5) is 21.6 Å². The number of hydrogen-bond acceptors (Lipinski definition) is 7. The van der Waals surface area contributed by atoms with E-state index in [-0.39, 0.29) is 26.2 Å². The number of methoxy groups -OCH3 is 1. The number of ether oxygens (including phenoxy) is 1. The summed E-state index contributed by atoms with van der Waals surface area (Å²) < 4.78 is 6.37. The Morgan fingerprint density at radius 2 is 1.88 bits per heavy atom. The van der Waals surface area contributed by atoms with E-state index >= 15 is 0 Å². The Kier molecular flexibility index (Phi) is 6.43. The summed E-state index contributed by atoms with van der Waals surface area (Å²) in [6.07, 6.45) is 0. The minimum absolute atomic E-state index is 0.000862. The van der Waals surface area contributed by atoms with E-state index in [0.29, 0.717) is 15.8 Å². The minimum atomic E-state index is -0.465. The van der Waals surface area contributed by atoms with E-state index < -0.39 is 4.92 Å². The summed E-state index contributed by atoms with van der Waals surface area (Å²) in [6.45, 7) is 5.67. The molecule has 0 saturated heterocycles. The fraction of sp³-hybridized carbons (Fsp3) is 0.312. The Morgan fingerprint density at radius 1 is 1.24 bits per heavy atom. The number of benzene rings is 1. The van der Waals surface area contributed by atoms with Gasteiger partial charge in [-0.1, -0.05) is 0 Å². The molecule has 0 fully saturated rings. The Hall–Kier alpha value is -2.51. The van der Waals surface area contributed by atoms with E-state index in [0.717, 1.165) is 17.7 Å². The molecular formula is C16H18N4O4Se. The zero-order valence-electron chi connectivity index (χ0n) is 14.1. The monoisotopic (exact) mass is 410 g/mol. The van der Waals surface area contributed by atoms with Gasteiger partial charge in [0, 0.05) is 0 Å². The van der Waals surface area contributed by atoms with Crippen LogP contribution in [0.3, 0.4) is 0 Å². The fourth-order valence-corrected chi connectivity index (χ4v) is 4.52. The molecule has 0 bridgehead atoms. The van der Waals surface area contributed by atoms with Crippen LogP contribution >= 0.6 is 0 Å². The van der Waals surface area contributed by atoms with Gasteiger partial charge < -0.3 is 0 Å². The predicted octanol–water partition coefficient (Wildman–Crippen LogP) is 3.70. The van der Waals surface area contributed by atoms with Gasteiger partial charge in [0.15, 0.2) is 0 Å². The number of anilines is 1. The van der Waals surface area contributed by atoms with Crippen molar-refractivity contribution in [1.29, 1.82) is 0 Å². The third-order valence-electron chi connectivity index (χ3n) is 3.46. The summed E-state index contributed by atoms with van der Waals surface area (Å²) >= 11 is -0.192. The number of rotatable bonds is 7. The van der Waals surface area contributed by atoms with Crippen molar-refractivity contribution in [2.75, 3.05) is 25.1 Å². The summed E-state index contributed by atoms with van der Waals surface area (Å²) in [4.78, 5) is 24.2.